The molecule has 0 saturated heterocycles. The van der Waals surface area contributed by atoms with Crippen LogP contribution in [0, 0.1) is 0 Å². The van der Waals surface area contributed by atoms with Crippen LogP contribution in [0.2, 0.25) is 0 Å². The number of aromatic carboxylic acids is 1. The van der Waals surface area contributed by atoms with E-state index in [2.05, 4.69) is 4.74 Å². The highest BCUT2D eigenvalue weighted by Gasteiger charge is 2.34. The highest BCUT2D eigenvalue weighted by molar-refractivity contribution is 5.98. The molecule has 1 N–H and O–H groups in total. The van der Waals surface area contributed by atoms with Crippen LogP contribution >= 0.6 is 12.4 Å². The van der Waals surface area contributed by atoms with Gasteiger partial charge >= 0.3 is 18.3 Å². The summed E-state index contributed by atoms with van der Waals surface area (Å²) in [6.45, 7) is 0. The molecule has 0 aliphatic rings. The van der Waals surface area contributed by atoms with E-state index in [1.807, 2.05) is 0 Å². The lowest BCUT2D eigenvalue weighted by Gasteiger charge is -2.08. The molecule has 21 heavy (non-hydrogen) atoms. The Kier molecular flexibility index (Phi) is 4.80. The van der Waals surface area contributed by atoms with Crippen molar-refractivity contribution in [2.75, 3.05) is 0 Å². The number of hydrogen-bond acceptors (Lipinski definition) is 3. The van der Waals surface area contributed by atoms with Gasteiger partial charge in [-0.1, -0.05) is 12.1 Å². The second kappa shape index (κ2) is 6.01. The minimum atomic E-state index is -5.04. The van der Waals surface area contributed by atoms with Crippen LogP contribution in [0.4, 0.5) is 13.2 Å². The average molecular weight is 321 g/mol. The van der Waals surface area contributed by atoms with Crippen molar-refractivity contribution in [3.05, 3.63) is 47.5 Å². The van der Waals surface area contributed by atoms with Crippen LogP contribution in [-0.2, 0) is 4.74 Å². The number of carboxylic acids is 1. The number of fused-ring (bicyclic) bond motifs is 1. The summed E-state index contributed by atoms with van der Waals surface area (Å²) in [5.41, 5.74) is -0.221. The monoisotopic (exact) mass is 320 g/mol. The maximum atomic E-state index is 11.9. The summed E-state index contributed by atoms with van der Waals surface area (Å²) in [4.78, 5) is 22.0. The van der Waals surface area contributed by atoms with Gasteiger partial charge in [0.25, 0.3) is 0 Å². The third-order valence-corrected chi connectivity index (χ3v) is 2.53. The van der Waals surface area contributed by atoms with E-state index in [4.69, 9.17) is 5.11 Å². The summed E-state index contributed by atoms with van der Waals surface area (Å²) in [5, 5.41) is 9.75. The van der Waals surface area contributed by atoms with Gasteiger partial charge in [0, 0.05) is 0 Å². The van der Waals surface area contributed by atoms with Crippen molar-refractivity contribution >= 4 is 35.1 Å². The standard InChI is InChI=1S/C13H7F3O4.ClH/c14-13(15,16)20-12(19)10-4-2-7-5-9(11(17)18)3-1-8(7)6-10;/h1-6H,(H,17,18);1H. The van der Waals surface area contributed by atoms with Gasteiger partial charge in [-0.3, -0.25) is 0 Å². The molecule has 0 aromatic heterocycles. The molecule has 2 rings (SSSR count). The quantitative estimate of drug-likeness (QED) is 0.858. The summed E-state index contributed by atoms with van der Waals surface area (Å²) < 4.78 is 39.1. The zero-order valence-electron chi connectivity index (χ0n) is 10.2. The van der Waals surface area contributed by atoms with E-state index in [0.29, 0.717) is 10.8 Å². The number of alkyl halides is 3. The van der Waals surface area contributed by atoms with Crippen molar-refractivity contribution in [3.63, 3.8) is 0 Å². The van der Waals surface area contributed by atoms with Crippen LogP contribution in [-0.4, -0.2) is 23.4 Å². The first-order valence-corrected chi connectivity index (χ1v) is 5.33. The minimum Gasteiger partial charge on any atom is -0.478 e. The zero-order valence-corrected chi connectivity index (χ0v) is 11.0. The van der Waals surface area contributed by atoms with Crippen LogP contribution in [0.3, 0.4) is 0 Å². The third-order valence-electron chi connectivity index (χ3n) is 2.53. The minimum absolute atomic E-state index is 0. The summed E-state index contributed by atoms with van der Waals surface area (Å²) in [7, 11) is 0. The first-order chi connectivity index (χ1) is 9.26. The van der Waals surface area contributed by atoms with E-state index in [0.717, 1.165) is 6.07 Å². The van der Waals surface area contributed by atoms with Gasteiger partial charge in [-0.05, 0) is 35.0 Å². The molecule has 0 aliphatic heterocycles. The molecular formula is C13H8ClF3O4. The molecule has 0 bridgehead atoms. The number of hydrogen-bond donors (Lipinski definition) is 1. The molecular weight excluding hydrogens is 313 g/mol. The topological polar surface area (TPSA) is 63.6 Å². The number of halogens is 4. The van der Waals surface area contributed by atoms with E-state index >= 15 is 0 Å². The Morgan fingerprint density at radius 3 is 1.90 bits per heavy atom. The summed E-state index contributed by atoms with van der Waals surface area (Å²) in [6.07, 6.45) is -5.04. The van der Waals surface area contributed by atoms with Gasteiger partial charge in [0.05, 0.1) is 11.1 Å². The summed E-state index contributed by atoms with van der Waals surface area (Å²) >= 11 is 0. The van der Waals surface area contributed by atoms with Gasteiger partial charge in [0.2, 0.25) is 0 Å². The highest BCUT2D eigenvalue weighted by Crippen LogP contribution is 2.22. The molecule has 0 unspecified atom stereocenters. The Morgan fingerprint density at radius 1 is 0.952 bits per heavy atom. The number of carbonyl (C=O) groups is 2. The second-order valence-corrected chi connectivity index (χ2v) is 3.92. The Labute approximate surface area is 122 Å². The van der Waals surface area contributed by atoms with Crippen molar-refractivity contribution in [1.29, 1.82) is 0 Å². The number of carboxylic acid groups (broad SMARTS) is 1. The van der Waals surface area contributed by atoms with Crippen molar-refractivity contribution in [1.82, 2.24) is 0 Å². The van der Waals surface area contributed by atoms with Crippen molar-refractivity contribution < 1.29 is 32.6 Å². The molecule has 0 fully saturated rings. The molecule has 0 heterocycles. The number of ether oxygens (including phenoxy) is 1. The molecule has 0 atom stereocenters. The zero-order chi connectivity index (χ0) is 14.9. The first kappa shape index (κ1) is 16.8. The van der Waals surface area contributed by atoms with E-state index < -0.39 is 18.3 Å². The molecule has 0 spiro atoms. The van der Waals surface area contributed by atoms with Crippen LogP contribution in [0.5, 0.6) is 0 Å². The lowest BCUT2D eigenvalue weighted by molar-refractivity contribution is -0.291. The number of carbonyl (C=O) groups excluding carboxylic acids is 1. The molecule has 0 radical (unpaired) electrons. The van der Waals surface area contributed by atoms with Crippen LogP contribution in [0.15, 0.2) is 36.4 Å². The van der Waals surface area contributed by atoms with Crippen molar-refractivity contribution in [2.24, 2.45) is 0 Å². The van der Waals surface area contributed by atoms with E-state index in [-0.39, 0.29) is 23.5 Å². The Morgan fingerprint density at radius 2 is 1.43 bits per heavy atom. The normalized spacial score (nSPS) is 10.8. The summed E-state index contributed by atoms with van der Waals surface area (Å²) in [6, 6.07) is 7.76. The average Bonchev–Trinajstić information content (AvgIpc) is 2.35. The maximum Gasteiger partial charge on any atom is 0.575 e. The predicted octanol–water partition coefficient (Wildman–Crippen LogP) is 3.64. The fourth-order valence-electron chi connectivity index (χ4n) is 1.67. The second-order valence-electron chi connectivity index (χ2n) is 3.92. The lowest BCUT2D eigenvalue weighted by Crippen LogP contribution is -2.19. The fraction of sp³-hybridized carbons (Fsp3) is 0.0769. The Balaban J connectivity index is 0.00000220. The van der Waals surface area contributed by atoms with Crippen LogP contribution in [0.25, 0.3) is 10.8 Å². The largest absolute Gasteiger partial charge is 0.575 e. The Hall–Kier alpha value is -2.28. The molecule has 2 aromatic carbocycles. The number of esters is 1. The van der Waals surface area contributed by atoms with Crippen LogP contribution in [0.1, 0.15) is 20.7 Å². The van der Waals surface area contributed by atoms with E-state index in [1.165, 1.54) is 30.3 Å². The van der Waals surface area contributed by atoms with Crippen molar-refractivity contribution in [3.8, 4) is 0 Å². The first-order valence-electron chi connectivity index (χ1n) is 5.33. The van der Waals surface area contributed by atoms with Gasteiger partial charge < -0.3 is 9.84 Å². The maximum absolute atomic E-state index is 11.9. The Bertz CT molecular complexity index is 697. The number of benzene rings is 2. The van der Waals surface area contributed by atoms with Gasteiger partial charge in [-0.15, -0.1) is 25.6 Å². The van der Waals surface area contributed by atoms with Gasteiger partial charge in [-0.2, -0.15) is 0 Å². The number of rotatable bonds is 2. The van der Waals surface area contributed by atoms with Crippen molar-refractivity contribution in [2.45, 2.75) is 6.36 Å². The molecule has 0 aliphatic carbocycles. The smallest absolute Gasteiger partial charge is 0.478 e. The highest BCUT2D eigenvalue weighted by atomic mass is 35.5. The van der Waals surface area contributed by atoms with E-state index in [1.54, 1.807) is 0 Å². The molecule has 0 amide bonds. The SMILES string of the molecule is Cl.O=C(O)c1ccc2cc(C(=O)OC(F)(F)F)ccc2c1. The van der Waals surface area contributed by atoms with Gasteiger partial charge in [-0.25, -0.2) is 9.59 Å². The molecule has 0 saturated carbocycles. The molecule has 8 heteroatoms. The molecule has 112 valence electrons. The van der Waals surface area contributed by atoms with Gasteiger partial charge in [0.15, 0.2) is 0 Å². The molecule has 2 aromatic rings. The third kappa shape index (κ3) is 4.09. The van der Waals surface area contributed by atoms with Gasteiger partial charge in [0.1, 0.15) is 0 Å². The van der Waals surface area contributed by atoms with E-state index in [9.17, 15) is 22.8 Å². The lowest BCUT2D eigenvalue weighted by atomic mass is 10.0. The fourth-order valence-corrected chi connectivity index (χ4v) is 1.67. The van der Waals surface area contributed by atoms with Crippen LogP contribution < -0.4 is 0 Å². The molecule has 4 nitrogen and oxygen atoms in total. The summed E-state index contributed by atoms with van der Waals surface area (Å²) in [5.74, 6) is -2.63. The predicted molar refractivity (Wildman–Crippen MR) is 69.6 cm³/mol.